The Morgan fingerprint density at radius 1 is 1.25 bits per heavy atom. The number of nitrogens with two attached hydrogens (primary N) is 1. The third kappa shape index (κ3) is 3.91. The van der Waals surface area contributed by atoms with E-state index >= 15 is 0 Å². The molecule has 2 saturated carbocycles. The van der Waals surface area contributed by atoms with Gasteiger partial charge in [0.2, 0.25) is 5.91 Å². The van der Waals surface area contributed by atoms with Gasteiger partial charge in [0.1, 0.15) is 5.54 Å². The molecule has 0 saturated heterocycles. The zero-order valence-electron chi connectivity index (χ0n) is 16.1. The van der Waals surface area contributed by atoms with E-state index in [1.807, 2.05) is 20.8 Å². The third-order valence-corrected chi connectivity index (χ3v) is 6.78. The van der Waals surface area contributed by atoms with E-state index in [4.69, 9.17) is 10.5 Å². The molecule has 0 aliphatic heterocycles. The summed E-state index contributed by atoms with van der Waals surface area (Å²) in [6, 6.07) is 0.174. The topological polar surface area (TPSA) is 64.3 Å². The Balaban J connectivity index is 0.00000288. The Morgan fingerprint density at radius 2 is 1.83 bits per heavy atom. The van der Waals surface area contributed by atoms with Crippen LogP contribution < -0.4 is 11.1 Å². The van der Waals surface area contributed by atoms with Crippen molar-refractivity contribution < 1.29 is 9.53 Å². The lowest BCUT2D eigenvalue weighted by molar-refractivity contribution is -0.171. The Morgan fingerprint density at radius 3 is 2.33 bits per heavy atom. The highest BCUT2D eigenvalue weighted by atomic mass is 35.5. The minimum Gasteiger partial charge on any atom is -0.378 e. The minimum atomic E-state index is -0.812. The SMILES string of the molecule is CCOC1CC(N)(C(=O)NC(C)C(C)C2CCCCC2)C1(C)C.Cl. The van der Waals surface area contributed by atoms with Crippen LogP contribution in [-0.2, 0) is 9.53 Å². The zero-order chi connectivity index (χ0) is 17.3. The first-order chi connectivity index (χ1) is 10.7. The lowest BCUT2D eigenvalue weighted by Crippen LogP contribution is -2.76. The number of halogens is 1. The van der Waals surface area contributed by atoms with E-state index in [-0.39, 0.29) is 35.9 Å². The number of ether oxygens (including phenoxy) is 1. The number of nitrogens with one attached hydrogen (secondary N) is 1. The molecule has 0 bridgehead atoms. The highest BCUT2D eigenvalue weighted by Gasteiger charge is 2.63. The molecular weight excluding hydrogens is 324 g/mol. The molecule has 0 aromatic carbocycles. The molecule has 2 rings (SSSR count). The quantitative estimate of drug-likeness (QED) is 0.759. The van der Waals surface area contributed by atoms with Crippen molar-refractivity contribution in [3.05, 3.63) is 0 Å². The van der Waals surface area contributed by atoms with Crippen LogP contribution in [0.2, 0.25) is 0 Å². The van der Waals surface area contributed by atoms with Crippen molar-refractivity contribution in [3.63, 3.8) is 0 Å². The zero-order valence-corrected chi connectivity index (χ0v) is 16.9. The summed E-state index contributed by atoms with van der Waals surface area (Å²) in [4.78, 5) is 12.8. The van der Waals surface area contributed by atoms with Gasteiger partial charge < -0.3 is 15.8 Å². The molecule has 5 heteroatoms. The van der Waals surface area contributed by atoms with E-state index in [1.54, 1.807) is 0 Å². The normalized spacial score (nSPS) is 32.2. The van der Waals surface area contributed by atoms with E-state index in [2.05, 4.69) is 19.2 Å². The average Bonchev–Trinajstić information content (AvgIpc) is 2.54. The van der Waals surface area contributed by atoms with Crippen molar-refractivity contribution in [2.24, 2.45) is 23.0 Å². The van der Waals surface area contributed by atoms with Gasteiger partial charge in [-0.3, -0.25) is 4.79 Å². The molecule has 2 fully saturated rings. The molecule has 24 heavy (non-hydrogen) atoms. The highest BCUT2D eigenvalue weighted by Crippen LogP contribution is 2.50. The molecule has 0 aromatic rings. The highest BCUT2D eigenvalue weighted by molar-refractivity contribution is 5.89. The van der Waals surface area contributed by atoms with Crippen LogP contribution in [0.15, 0.2) is 0 Å². The molecule has 1 amide bonds. The molecule has 2 aliphatic carbocycles. The van der Waals surface area contributed by atoms with E-state index in [0.717, 1.165) is 5.92 Å². The predicted molar refractivity (Wildman–Crippen MR) is 101 cm³/mol. The van der Waals surface area contributed by atoms with E-state index in [9.17, 15) is 4.79 Å². The van der Waals surface area contributed by atoms with Gasteiger partial charge in [-0.1, -0.05) is 52.9 Å². The lowest BCUT2D eigenvalue weighted by atomic mass is 9.54. The number of carbonyl (C=O) groups is 1. The number of hydrogen-bond donors (Lipinski definition) is 2. The van der Waals surface area contributed by atoms with Gasteiger partial charge in [-0.05, 0) is 25.7 Å². The summed E-state index contributed by atoms with van der Waals surface area (Å²) in [5.41, 5.74) is 5.35. The van der Waals surface area contributed by atoms with Crippen LogP contribution in [0.3, 0.4) is 0 Å². The summed E-state index contributed by atoms with van der Waals surface area (Å²) < 4.78 is 5.73. The van der Waals surface area contributed by atoms with Gasteiger partial charge in [0.15, 0.2) is 0 Å². The fourth-order valence-electron chi connectivity index (χ4n) is 4.36. The molecule has 0 heterocycles. The van der Waals surface area contributed by atoms with Crippen LogP contribution >= 0.6 is 12.4 Å². The van der Waals surface area contributed by atoms with Gasteiger partial charge >= 0.3 is 0 Å². The third-order valence-electron chi connectivity index (χ3n) is 6.78. The summed E-state index contributed by atoms with van der Waals surface area (Å²) in [5.74, 6) is 1.24. The van der Waals surface area contributed by atoms with Gasteiger partial charge in [0.25, 0.3) is 0 Å². The van der Waals surface area contributed by atoms with Gasteiger partial charge in [0, 0.05) is 24.5 Å². The van der Waals surface area contributed by atoms with Gasteiger partial charge in [-0.25, -0.2) is 0 Å². The molecule has 2 aliphatic rings. The summed E-state index contributed by atoms with van der Waals surface area (Å²) >= 11 is 0. The molecule has 142 valence electrons. The van der Waals surface area contributed by atoms with Crippen LogP contribution in [0.25, 0.3) is 0 Å². The lowest BCUT2D eigenvalue weighted by Gasteiger charge is -2.57. The minimum absolute atomic E-state index is 0. The summed E-state index contributed by atoms with van der Waals surface area (Å²) in [6.07, 6.45) is 7.32. The van der Waals surface area contributed by atoms with Gasteiger partial charge in [0.05, 0.1) is 6.10 Å². The Kier molecular flexibility index (Phi) is 7.58. The molecule has 4 nitrogen and oxygen atoms in total. The van der Waals surface area contributed by atoms with Crippen molar-refractivity contribution in [3.8, 4) is 0 Å². The summed E-state index contributed by atoms with van der Waals surface area (Å²) in [5, 5.41) is 3.22. The van der Waals surface area contributed by atoms with Crippen molar-refractivity contribution in [1.29, 1.82) is 0 Å². The molecule has 4 unspecified atom stereocenters. The number of amides is 1. The number of hydrogen-bond acceptors (Lipinski definition) is 3. The largest absolute Gasteiger partial charge is 0.378 e. The molecule has 0 radical (unpaired) electrons. The number of carbonyl (C=O) groups excluding carboxylic acids is 1. The first-order valence-electron chi connectivity index (χ1n) is 9.45. The van der Waals surface area contributed by atoms with Crippen LogP contribution in [0.4, 0.5) is 0 Å². The Labute approximate surface area is 154 Å². The monoisotopic (exact) mass is 360 g/mol. The standard InChI is InChI=1S/C19H36N2O2.ClH/c1-6-23-16-12-19(20,18(16,4)5)17(22)21-14(3)13(2)15-10-8-7-9-11-15;/h13-16H,6-12,20H2,1-5H3,(H,21,22);1H. The Hall–Kier alpha value is -0.320. The second-order valence-corrected chi connectivity index (χ2v) is 8.36. The predicted octanol–water partition coefficient (Wildman–Crippen LogP) is 3.66. The molecule has 4 atom stereocenters. The average molecular weight is 361 g/mol. The van der Waals surface area contributed by atoms with Crippen LogP contribution in [0, 0.1) is 17.3 Å². The number of rotatable bonds is 6. The fraction of sp³-hybridized carbons (Fsp3) is 0.947. The second kappa shape index (κ2) is 8.37. The molecule has 3 N–H and O–H groups in total. The fourth-order valence-corrected chi connectivity index (χ4v) is 4.36. The maximum atomic E-state index is 12.8. The van der Waals surface area contributed by atoms with Gasteiger partial charge in [-0.15, -0.1) is 12.4 Å². The molecular formula is C19H37ClN2O2. The second-order valence-electron chi connectivity index (χ2n) is 8.36. The van der Waals surface area contributed by atoms with Crippen molar-refractivity contribution >= 4 is 18.3 Å². The van der Waals surface area contributed by atoms with Gasteiger partial charge in [-0.2, -0.15) is 0 Å². The van der Waals surface area contributed by atoms with Crippen LogP contribution in [0.1, 0.15) is 73.1 Å². The van der Waals surface area contributed by atoms with Crippen molar-refractivity contribution in [1.82, 2.24) is 5.32 Å². The first-order valence-corrected chi connectivity index (χ1v) is 9.45. The van der Waals surface area contributed by atoms with Crippen molar-refractivity contribution in [2.45, 2.75) is 90.8 Å². The maximum absolute atomic E-state index is 12.8. The van der Waals surface area contributed by atoms with Crippen molar-refractivity contribution in [2.75, 3.05) is 6.61 Å². The smallest absolute Gasteiger partial charge is 0.241 e. The summed E-state index contributed by atoms with van der Waals surface area (Å²) in [6.45, 7) is 11.2. The summed E-state index contributed by atoms with van der Waals surface area (Å²) in [7, 11) is 0. The van der Waals surface area contributed by atoms with Crippen LogP contribution in [0.5, 0.6) is 0 Å². The maximum Gasteiger partial charge on any atom is 0.241 e. The van der Waals surface area contributed by atoms with E-state index in [1.165, 1.54) is 32.1 Å². The Bertz CT molecular complexity index is 424. The molecule has 0 aromatic heterocycles. The van der Waals surface area contributed by atoms with E-state index in [0.29, 0.717) is 18.9 Å². The van der Waals surface area contributed by atoms with E-state index < -0.39 is 5.54 Å². The molecule has 0 spiro atoms. The van der Waals surface area contributed by atoms with Crippen LogP contribution in [-0.4, -0.2) is 30.2 Å². The first kappa shape index (κ1) is 21.7.